The first-order valence-electron chi connectivity index (χ1n) is 4.63. The molecule has 0 saturated heterocycles. The van der Waals surface area contributed by atoms with E-state index in [2.05, 4.69) is 10.3 Å². The van der Waals surface area contributed by atoms with Gasteiger partial charge in [0.05, 0.1) is 18.2 Å². The Morgan fingerprint density at radius 3 is 3.07 bits per heavy atom. The van der Waals surface area contributed by atoms with E-state index in [1.54, 1.807) is 0 Å². The maximum Gasteiger partial charge on any atom is 0.357 e. The predicted molar refractivity (Wildman–Crippen MR) is 58.7 cm³/mol. The first-order valence-corrected chi connectivity index (χ1v) is 5.51. The second-order valence-corrected chi connectivity index (χ2v) is 4.04. The molecular weight excluding hydrogens is 216 g/mol. The van der Waals surface area contributed by atoms with Gasteiger partial charge in [0.1, 0.15) is 5.00 Å². The number of nitrogens with zero attached hydrogens (tertiary/aromatic N) is 1. The molecular formula is C9H14N2O3S. The predicted octanol–water partition coefficient (Wildman–Crippen LogP) is 1.68. The number of anilines is 1. The van der Waals surface area contributed by atoms with Crippen LogP contribution in [0.15, 0.2) is 5.51 Å². The highest BCUT2D eigenvalue weighted by Gasteiger charge is 2.12. The number of hydrogen-bond acceptors (Lipinski definition) is 5. The van der Waals surface area contributed by atoms with Gasteiger partial charge in [0.15, 0.2) is 5.69 Å². The number of carboxylic acids is 1. The number of aromatic nitrogens is 1. The third-order valence-electron chi connectivity index (χ3n) is 1.61. The molecule has 15 heavy (non-hydrogen) atoms. The summed E-state index contributed by atoms with van der Waals surface area (Å²) in [4.78, 5) is 14.4. The maximum atomic E-state index is 10.7. The second-order valence-electron chi connectivity index (χ2n) is 3.18. The van der Waals surface area contributed by atoms with Crippen molar-refractivity contribution >= 4 is 22.3 Å². The molecule has 1 aromatic rings. The molecule has 6 heteroatoms. The van der Waals surface area contributed by atoms with Gasteiger partial charge in [0, 0.05) is 6.54 Å². The normalized spacial score (nSPS) is 10.6. The van der Waals surface area contributed by atoms with Crippen LogP contribution in [0.1, 0.15) is 24.3 Å². The minimum Gasteiger partial charge on any atom is -0.476 e. The molecule has 0 radical (unpaired) electrons. The number of carboxylic acid groups (broad SMARTS) is 1. The highest BCUT2D eigenvalue weighted by molar-refractivity contribution is 7.14. The minimum atomic E-state index is -1.01. The molecule has 0 aromatic carbocycles. The molecule has 84 valence electrons. The van der Waals surface area contributed by atoms with Gasteiger partial charge in [0.2, 0.25) is 0 Å². The average molecular weight is 230 g/mol. The summed E-state index contributed by atoms with van der Waals surface area (Å²) in [7, 11) is 0. The van der Waals surface area contributed by atoms with Crippen molar-refractivity contribution in [3.05, 3.63) is 11.2 Å². The molecule has 0 bridgehead atoms. The number of carbonyl (C=O) groups is 1. The molecule has 0 aliphatic rings. The number of rotatable bonds is 6. The molecule has 0 aliphatic carbocycles. The van der Waals surface area contributed by atoms with E-state index in [1.807, 2.05) is 13.8 Å². The van der Waals surface area contributed by atoms with Crippen molar-refractivity contribution < 1.29 is 14.6 Å². The van der Waals surface area contributed by atoms with Gasteiger partial charge in [-0.3, -0.25) is 0 Å². The van der Waals surface area contributed by atoms with Crippen molar-refractivity contribution in [2.45, 2.75) is 20.0 Å². The van der Waals surface area contributed by atoms with E-state index in [0.29, 0.717) is 18.2 Å². The average Bonchev–Trinajstić information content (AvgIpc) is 2.60. The molecule has 5 nitrogen and oxygen atoms in total. The van der Waals surface area contributed by atoms with Gasteiger partial charge in [-0.15, -0.1) is 11.3 Å². The van der Waals surface area contributed by atoms with E-state index in [0.717, 1.165) is 0 Å². The Kier molecular flexibility index (Phi) is 4.51. The SMILES string of the molecule is CC(C)OCCNc1scnc1C(=O)O. The zero-order valence-electron chi connectivity index (χ0n) is 8.69. The standard InChI is InChI=1S/C9H14N2O3S/c1-6(2)14-4-3-10-8-7(9(12)13)11-5-15-8/h5-6,10H,3-4H2,1-2H3,(H,12,13). The number of hydrogen-bond donors (Lipinski definition) is 2. The topological polar surface area (TPSA) is 71.5 Å². The van der Waals surface area contributed by atoms with Crippen molar-refractivity contribution in [2.24, 2.45) is 0 Å². The lowest BCUT2D eigenvalue weighted by molar-refractivity contribution is 0.0691. The summed E-state index contributed by atoms with van der Waals surface area (Å²) >= 11 is 1.28. The second kappa shape index (κ2) is 5.67. The fraction of sp³-hybridized carbons (Fsp3) is 0.556. The van der Waals surface area contributed by atoms with Crippen molar-refractivity contribution in [1.29, 1.82) is 0 Å². The molecule has 1 aromatic heterocycles. The van der Waals surface area contributed by atoms with Gasteiger partial charge < -0.3 is 15.2 Å². The first kappa shape index (κ1) is 11.9. The van der Waals surface area contributed by atoms with Crippen molar-refractivity contribution in [3.63, 3.8) is 0 Å². The van der Waals surface area contributed by atoms with Crippen LogP contribution in [-0.2, 0) is 4.74 Å². The third-order valence-corrected chi connectivity index (χ3v) is 2.39. The van der Waals surface area contributed by atoms with Crippen LogP contribution >= 0.6 is 11.3 Å². The summed E-state index contributed by atoms with van der Waals surface area (Å²) in [5.74, 6) is -1.01. The molecule has 1 rings (SSSR count). The number of aromatic carboxylic acids is 1. The molecule has 0 aliphatic heterocycles. The Bertz CT molecular complexity index is 325. The minimum absolute atomic E-state index is 0.0737. The Hall–Kier alpha value is -1.14. The van der Waals surface area contributed by atoms with Crippen LogP contribution in [0.25, 0.3) is 0 Å². The Labute approximate surface area is 92.1 Å². The van der Waals surface area contributed by atoms with Gasteiger partial charge in [-0.25, -0.2) is 9.78 Å². The van der Waals surface area contributed by atoms with Crippen molar-refractivity contribution in [3.8, 4) is 0 Å². The molecule has 0 spiro atoms. The van der Waals surface area contributed by atoms with Crippen LogP contribution in [-0.4, -0.2) is 35.3 Å². The summed E-state index contributed by atoms with van der Waals surface area (Å²) in [6.45, 7) is 5.04. The third kappa shape index (κ3) is 3.85. The Morgan fingerprint density at radius 1 is 1.73 bits per heavy atom. The molecule has 0 atom stereocenters. The van der Waals surface area contributed by atoms with Gasteiger partial charge >= 0.3 is 5.97 Å². The Balaban J connectivity index is 2.37. The van der Waals surface area contributed by atoms with Gasteiger partial charge in [-0.05, 0) is 13.8 Å². The zero-order valence-corrected chi connectivity index (χ0v) is 9.50. The lowest BCUT2D eigenvalue weighted by atomic mass is 10.4. The molecule has 0 unspecified atom stereocenters. The number of nitrogens with one attached hydrogen (secondary N) is 1. The first-order chi connectivity index (χ1) is 7.11. The highest BCUT2D eigenvalue weighted by atomic mass is 32.1. The largest absolute Gasteiger partial charge is 0.476 e. The molecule has 1 heterocycles. The molecule has 2 N–H and O–H groups in total. The van der Waals surface area contributed by atoms with Gasteiger partial charge in [-0.1, -0.05) is 0 Å². The summed E-state index contributed by atoms with van der Waals surface area (Å²) in [5.41, 5.74) is 1.58. The molecule has 0 amide bonds. The van der Waals surface area contributed by atoms with Crippen LogP contribution < -0.4 is 5.32 Å². The van der Waals surface area contributed by atoms with E-state index in [9.17, 15) is 4.79 Å². The quantitative estimate of drug-likeness (QED) is 0.727. The van der Waals surface area contributed by atoms with E-state index < -0.39 is 5.97 Å². The van der Waals surface area contributed by atoms with E-state index in [4.69, 9.17) is 9.84 Å². The van der Waals surface area contributed by atoms with Gasteiger partial charge in [-0.2, -0.15) is 0 Å². The number of thiazole rings is 1. The fourth-order valence-electron chi connectivity index (χ4n) is 0.983. The van der Waals surface area contributed by atoms with E-state index >= 15 is 0 Å². The van der Waals surface area contributed by atoms with E-state index in [-0.39, 0.29) is 11.8 Å². The summed E-state index contributed by atoms with van der Waals surface area (Å²) in [6.07, 6.45) is 0.187. The van der Waals surface area contributed by atoms with Crippen LogP contribution in [0.5, 0.6) is 0 Å². The van der Waals surface area contributed by atoms with Crippen LogP contribution in [0.4, 0.5) is 5.00 Å². The lowest BCUT2D eigenvalue weighted by Gasteiger charge is -2.08. The van der Waals surface area contributed by atoms with Crippen molar-refractivity contribution in [1.82, 2.24) is 4.98 Å². The Morgan fingerprint density at radius 2 is 2.47 bits per heavy atom. The number of ether oxygens (including phenoxy) is 1. The maximum absolute atomic E-state index is 10.7. The summed E-state index contributed by atoms with van der Waals surface area (Å²) < 4.78 is 5.31. The zero-order chi connectivity index (χ0) is 11.3. The fourth-order valence-corrected chi connectivity index (χ4v) is 1.68. The lowest BCUT2D eigenvalue weighted by Crippen LogP contribution is -2.14. The van der Waals surface area contributed by atoms with Crippen molar-refractivity contribution in [2.75, 3.05) is 18.5 Å². The monoisotopic (exact) mass is 230 g/mol. The smallest absolute Gasteiger partial charge is 0.357 e. The van der Waals surface area contributed by atoms with Crippen LogP contribution in [0.3, 0.4) is 0 Å². The highest BCUT2D eigenvalue weighted by Crippen LogP contribution is 2.19. The summed E-state index contributed by atoms with van der Waals surface area (Å²) in [6, 6.07) is 0. The molecule has 0 saturated carbocycles. The van der Waals surface area contributed by atoms with Gasteiger partial charge in [0.25, 0.3) is 0 Å². The molecule has 0 fully saturated rings. The van der Waals surface area contributed by atoms with Crippen LogP contribution in [0, 0.1) is 0 Å². The van der Waals surface area contributed by atoms with E-state index in [1.165, 1.54) is 16.8 Å². The summed E-state index contributed by atoms with van der Waals surface area (Å²) in [5, 5.41) is 12.3. The van der Waals surface area contributed by atoms with Crippen LogP contribution in [0.2, 0.25) is 0 Å².